The first-order valence-electron chi connectivity index (χ1n) is 9.09. The molecule has 9 heteroatoms. The van der Waals surface area contributed by atoms with Crippen molar-refractivity contribution in [2.75, 3.05) is 21.6 Å². The van der Waals surface area contributed by atoms with Gasteiger partial charge in [-0.05, 0) is 36.4 Å². The summed E-state index contributed by atoms with van der Waals surface area (Å²) in [5, 5.41) is 1.85. The van der Waals surface area contributed by atoms with Crippen LogP contribution in [0.3, 0.4) is 0 Å². The van der Waals surface area contributed by atoms with Gasteiger partial charge in [-0.2, -0.15) is 0 Å². The van der Waals surface area contributed by atoms with E-state index < -0.39 is 5.91 Å². The molecule has 150 valence electrons. The summed E-state index contributed by atoms with van der Waals surface area (Å²) in [7, 11) is 0. The molecule has 0 fully saturated rings. The van der Waals surface area contributed by atoms with Crippen LogP contribution in [0.4, 0.5) is 28.7 Å². The van der Waals surface area contributed by atoms with Crippen LogP contribution in [0.1, 0.15) is 10.6 Å². The van der Waals surface area contributed by atoms with Gasteiger partial charge < -0.3 is 10.2 Å². The fourth-order valence-electron chi connectivity index (χ4n) is 2.71. The highest BCUT2D eigenvalue weighted by Crippen LogP contribution is 2.29. The van der Waals surface area contributed by atoms with E-state index in [-0.39, 0.29) is 17.3 Å². The Morgan fingerprint density at radius 1 is 0.867 bits per heavy atom. The quantitative estimate of drug-likeness (QED) is 0.347. The van der Waals surface area contributed by atoms with E-state index in [0.717, 1.165) is 11.4 Å². The van der Waals surface area contributed by atoms with Crippen LogP contribution in [-0.4, -0.2) is 15.9 Å². The molecule has 0 bridgehead atoms. The van der Waals surface area contributed by atoms with Crippen LogP contribution in [0.5, 0.6) is 0 Å². The van der Waals surface area contributed by atoms with Crippen LogP contribution < -0.4 is 27.0 Å². The Labute approximate surface area is 172 Å². The molecule has 0 aliphatic carbocycles. The highest BCUT2D eigenvalue weighted by Gasteiger charge is 2.15. The number of nitrogens with two attached hydrogens (primary N) is 1. The fraction of sp³-hybridized carbons (Fsp3) is 0. The number of nitrogens with one attached hydrogen (secondary N) is 3. The second-order valence-corrected chi connectivity index (χ2v) is 6.16. The Morgan fingerprint density at radius 3 is 2.10 bits per heavy atom. The molecule has 5 N–H and O–H groups in total. The summed E-state index contributed by atoms with van der Waals surface area (Å²) in [5.74, 6) is 0.316. The molecular weight excluding hydrogens is 382 g/mol. The number of carbonyl (C=O) groups excluding carboxylic acids is 1. The zero-order valence-electron chi connectivity index (χ0n) is 15.8. The molecule has 0 saturated heterocycles. The Kier molecular flexibility index (Phi) is 5.43. The monoisotopic (exact) mass is 401 g/mol. The first-order chi connectivity index (χ1) is 14.7. The molecule has 0 aliphatic heterocycles. The molecule has 2 aromatic heterocycles. The molecule has 0 aliphatic rings. The molecule has 0 spiro atoms. The normalized spacial score (nSPS) is 10.3. The van der Waals surface area contributed by atoms with Crippen molar-refractivity contribution in [3.63, 3.8) is 0 Å². The third kappa shape index (κ3) is 4.14. The lowest BCUT2D eigenvalue weighted by Crippen LogP contribution is -2.31. The molecule has 4 aromatic rings. The van der Waals surface area contributed by atoms with Crippen molar-refractivity contribution in [1.29, 1.82) is 0 Å². The number of hydrogen-bond donors (Lipinski definition) is 4. The van der Waals surface area contributed by atoms with Crippen LogP contribution in [0.15, 0.2) is 89.8 Å². The van der Waals surface area contributed by atoms with Crippen molar-refractivity contribution in [1.82, 2.24) is 15.4 Å². The summed E-state index contributed by atoms with van der Waals surface area (Å²) < 4.78 is 5.05. The van der Waals surface area contributed by atoms with Crippen molar-refractivity contribution in [2.45, 2.75) is 0 Å². The fourth-order valence-corrected chi connectivity index (χ4v) is 2.71. The van der Waals surface area contributed by atoms with Gasteiger partial charge in [-0.1, -0.05) is 36.4 Å². The van der Waals surface area contributed by atoms with Crippen LogP contribution in [0, 0.1) is 0 Å². The standard InChI is InChI=1S/C21H19N7O2/c22-18-19(25-26-21(29)17-12-7-13-30-17)23-14-24-20(18)27-28(15-8-3-1-4-9-15)16-10-5-2-6-11-16/h1-14H,22H2,(H,26,29)(H2,23,24,25,27). The van der Waals surface area contributed by atoms with Crippen molar-refractivity contribution in [2.24, 2.45) is 0 Å². The maximum atomic E-state index is 12.0. The van der Waals surface area contributed by atoms with Gasteiger partial charge in [0.15, 0.2) is 17.4 Å². The highest BCUT2D eigenvalue weighted by atomic mass is 16.3. The number of nitrogen functional groups attached to an aromatic ring is 1. The number of nitrogens with zero attached hydrogens (tertiary/aromatic N) is 3. The molecular formula is C21H19N7O2. The summed E-state index contributed by atoms with van der Waals surface area (Å²) in [4.78, 5) is 20.4. The van der Waals surface area contributed by atoms with E-state index in [1.165, 1.54) is 12.6 Å². The third-order valence-electron chi connectivity index (χ3n) is 4.17. The number of aromatic nitrogens is 2. The molecule has 0 radical (unpaired) electrons. The second kappa shape index (κ2) is 8.65. The molecule has 4 rings (SSSR count). The Hall–Kier alpha value is -4.53. The van der Waals surface area contributed by atoms with Gasteiger partial charge in [0.25, 0.3) is 0 Å². The lowest BCUT2D eigenvalue weighted by Gasteiger charge is -2.26. The Morgan fingerprint density at radius 2 is 1.50 bits per heavy atom. The smallest absolute Gasteiger partial charge is 0.305 e. The SMILES string of the molecule is Nc1c(NNC(=O)c2ccco2)ncnc1NN(c1ccccc1)c1ccccc1. The molecule has 9 nitrogen and oxygen atoms in total. The van der Waals surface area contributed by atoms with Crippen LogP contribution >= 0.6 is 0 Å². The molecule has 2 aromatic carbocycles. The van der Waals surface area contributed by atoms with Crippen molar-refractivity contribution < 1.29 is 9.21 Å². The highest BCUT2D eigenvalue weighted by molar-refractivity contribution is 5.92. The Balaban J connectivity index is 1.57. The number of carbonyl (C=O) groups is 1. The number of para-hydroxylation sites is 2. The zero-order chi connectivity index (χ0) is 20.8. The van der Waals surface area contributed by atoms with Crippen LogP contribution in [0.2, 0.25) is 0 Å². The summed E-state index contributed by atoms with van der Waals surface area (Å²) in [6.07, 6.45) is 2.76. The topological polar surface area (TPSA) is 121 Å². The molecule has 0 atom stereocenters. The molecule has 0 unspecified atom stereocenters. The number of hydrazine groups is 2. The molecule has 30 heavy (non-hydrogen) atoms. The van der Waals surface area contributed by atoms with E-state index in [9.17, 15) is 4.79 Å². The van der Waals surface area contributed by atoms with E-state index in [0.29, 0.717) is 5.82 Å². The van der Waals surface area contributed by atoms with Crippen molar-refractivity contribution in [3.05, 3.63) is 91.1 Å². The predicted octanol–water partition coefficient (Wildman–Crippen LogP) is 3.57. The second-order valence-electron chi connectivity index (χ2n) is 6.16. The van der Waals surface area contributed by atoms with E-state index >= 15 is 0 Å². The van der Waals surface area contributed by atoms with E-state index in [1.54, 1.807) is 12.1 Å². The number of benzene rings is 2. The lowest BCUT2D eigenvalue weighted by atomic mass is 10.2. The molecule has 1 amide bonds. The Bertz CT molecular complexity index is 1060. The van der Waals surface area contributed by atoms with Gasteiger partial charge in [-0.25, -0.2) is 9.97 Å². The minimum Gasteiger partial charge on any atom is -0.459 e. The summed E-state index contributed by atoms with van der Waals surface area (Å²) in [6, 6.07) is 22.6. The van der Waals surface area contributed by atoms with E-state index in [1.807, 2.05) is 65.7 Å². The maximum Gasteiger partial charge on any atom is 0.305 e. The van der Waals surface area contributed by atoms with Gasteiger partial charge in [0.2, 0.25) is 0 Å². The maximum absolute atomic E-state index is 12.0. The van der Waals surface area contributed by atoms with Crippen molar-refractivity contribution in [3.8, 4) is 0 Å². The molecule has 2 heterocycles. The summed E-state index contributed by atoms with van der Waals surface area (Å²) >= 11 is 0. The zero-order valence-corrected chi connectivity index (χ0v) is 15.8. The predicted molar refractivity (Wildman–Crippen MR) is 115 cm³/mol. The number of amides is 1. The van der Waals surface area contributed by atoms with E-state index in [2.05, 4.69) is 26.2 Å². The number of furan rings is 1. The first-order valence-corrected chi connectivity index (χ1v) is 9.09. The number of rotatable bonds is 7. The minimum absolute atomic E-state index is 0.160. The minimum atomic E-state index is -0.456. The molecule has 0 saturated carbocycles. The number of hydrogen-bond acceptors (Lipinski definition) is 8. The van der Waals surface area contributed by atoms with Crippen LogP contribution in [0.25, 0.3) is 0 Å². The first kappa shape index (κ1) is 18.8. The third-order valence-corrected chi connectivity index (χ3v) is 4.17. The van der Waals surface area contributed by atoms with Gasteiger partial charge in [0.1, 0.15) is 12.0 Å². The lowest BCUT2D eigenvalue weighted by molar-refractivity contribution is 0.0935. The van der Waals surface area contributed by atoms with Crippen LogP contribution in [-0.2, 0) is 0 Å². The number of anilines is 5. The largest absolute Gasteiger partial charge is 0.459 e. The average Bonchev–Trinajstić information content (AvgIpc) is 3.34. The van der Waals surface area contributed by atoms with Gasteiger partial charge in [-0.15, -0.1) is 0 Å². The van der Waals surface area contributed by atoms with Gasteiger partial charge >= 0.3 is 5.91 Å². The average molecular weight is 401 g/mol. The van der Waals surface area contributed by atoms with Crippen molar-refractivity contribution >= 4 is 34.6 Å². The van der Waals surface area contributed by atoms with Gasteiger partial charge in [0.05, 0.1) is 17.6 Å². The van der Waals surface area contributed by atoms with Gasteiger partial charge in [-0.3, -0.25) is 26.1 Å². The summed E-state index contributed by atoms with van der Waals surface area (Å²) in [6.45, 7) is 0. The summed E-state index contributed by atoms with van der Waals surface area (Å²) in [5.41, 5.74) is 16.7. The van der Waals surface area contributed by atoms with E-state index in [4.69, 9.17) is 10.2 Å². The van der Waals surface area contributed by atoms with Gasteiger partial charge in [0, 0.05) is 0 Å².